The normalized spacial score (nSPS) is 11.2. The maximum atomic E-state index is 12.4. The van der Waals surface area contributed by atoms with Gasteiger partial charge in [0.1, 0.15) is 5.82 Å². The van der Waals surface area contributed by atoms with Crippen LogP contribution >= 0.6 is 11.6 Å². The number of benzene rings is 1. The summed E-state index contributed by atoms with van der Waals surface area (Å²) in [6.45, 7) is 1.72. The lowest BCUT2D eigenvalue weighted by Gasteiger charge is -2.10. The number of carbonyl (C=O) groups is 1. The van der Waals surface area contributed by atoms with Gasteiger partial charge < -0.3 is 10.6 Å². The van der Waals surface area contributed by atoms with Gasteiger partial charge in [-0.2, -0.15) is 13.2 Å². The maximum Gasteiger partial charge on any atom is 0.417 e. The van der Waals surface area contributed by atoms with Crippen LogP contribution in [0.3, 0.4) is 0 Å². The lowest BCUT2D eigenvalue weighted by molar-refractivity contribution is -0.137. The molecule has 1 heterocycles. The molecule has 122 valence electrons. The van der Waals surface area contributed by atoms with E-state index in [1.807, 2.05) is 6.92 Å². The second-order valence-corrected chi connectivity index (χ2v) is 5.22. The van der Waals surface area contributed by atoms with E-state index in [0.29, 0.717) is 16.9 Å². The summed E-state index contributed by atoms with van der Waals surface area (Å²) in [4.78, 5) is 15.4. The molecule has 0 saturated carbocycles. The number of rotatable bonds is 4. The van der Waals surface area contributed by atoms with Crippen molar-refractivity contribution < 1.29 is 18.0 Å². The van der Waals surface area contributed by atoms with E-state index in [-0.39, 0.29) is 12.4 Å². The molecule has 2 N–H and O–H groups in total. The average molecular weight is 344 g/mol. The first-order valence-electron chi connectivity index (χ1n) is 6.59. The van der Waals surface area contributed by atoms with Crippen LogP contribution in [0.5, 0.6) is 0 Å². The number of aryl methyl sites for hydroxylation is 1. The van der Waals surface area contributed by atoms with Gasteiger partial charge in [0.15, 0.2) is 0 Å². The molecule has 0 aliphatic heterocycles. The molecule has 4 nitrogen and oxygen atoms in total. The summed E-state index contributed by atoms with van der Waals surface area (Å²) in [5.41, 5.74) is 0.573. The SMILES string of the molecule is Cc1ccc(NC(=O)CNc2ccc(C(F)(F)F)cn2)c(Cl)c1. The van der Waals surface area contributed by atoms with Crippen molar-refractivity contribution in [1.29, 1.82) is 0 Å². The minimum Gasteiger partial charge on any atom is -0.361 e. The highest BCUT2D eigenvalue weighted by Crippen LogP contribution is 2.28. The average Bonchev–Trinajstić information content (AvgIpc) is 2.47. The molecule has 0 bridgehead atoms. The van der Waals surface area contributed by atoms with Gasteiger partial charge in [-0.05, 0) is 36.8 Å². The van der Waals surface area contributed by atoms with Gasteiger partial charge in [0.05, 0.1) is 22.8 Å². The molecule has 1 amide bonds. The van der Waals surface area contributed by atoms with E-state index in [4.69, 9.17) is 11.6 Å². The Morgan fingerprint density at radius 2 is 2.00 bits per heavy atom. The van der Waals surface area contributed by atoms with Gasteiger partial charge >= 0.3 is 6.18 Å². The molecular formula is C15H13ClF3N3O. The molecule has 1 aromatic heterocycles. The topological polar surface area (TPSA) is 54.0 Å². The number of aromatic nitrogens is 1. The summed E-state index contributed by atoms with van der Waals surface area (Å²) in [5.74, 6) is -0.222. The fourth-order valence-electron chi connectivity index (χ4n) is 1.75. The Labute approximate surface area is 135 Å². The van der Waals surface area contributed by atoms with Crippen molar-refractivity contribution in [2.24, 2.45) is 0 Å². The van der Waals surface area contributed by atoms with Crippen LogP contribution in [-0.4, -0.2) is 17.4 Å². The number of carbonyl (C=O) groups excluding carboxylic acids is 1. The monoisotopic (exact) mass is 343 g/mol. The molecule has 8 heteroatoms. The molecule has 2 rings (SSSR count). The van der Waals surface area contributed by atoms with Crippen molar-refractivity contribution in [2.45, 2.75) is 13.1 Å². The molecule has 0 spiro atoms. The van der Waals surface area contributed by atoms with Crippen LogP contribution < -0.4 is 10.6 Å². The lowest BCUT2D eigenvalue weighted by Crippen LogP contribution is -2.22. The molecule has 0 unspecified atom stereocenters. The zero-order chi connectivity index (χ0) is 17.0. The van der Waals surface area contributed by atoms with Gasteiger partial charge in [-0.1, -0.05) is 17.7 Å². The van der Waals surface area contributed by atoms with Crippen molar-refractivity contribution in [3.63, 3.8) is 0 Å². The number of anilines is 2. The van der Waals surface area contributed by atoms with Crippen molar-refractivity contribution in [2.75, 3.05) is 17.2 Å². The number of hydrogen-bond acceptors (Lipinski definition) is 3. The van der Waals surface area contributed by atoms with E-state index < -0.39 is 17.6 Å². The van der Waals surface area contributed by atoms with Crippen LogP contribution in [0.25, 0.3) is 0 Å². The first-order valence-corrected chi connectivity index (χ1v) is 6.96. The first kappa shape index (κ1) is 17.1. The second kappa shape index (κ2) is 6.87. The first-order chi connectivity index (χ1) is 10.8. The standard InChI is InChI=1S/C15H13ClF3N3O/c1-9-2-4-12(11(16)6-9)22-14(23)8-21-13-5-3-10(7-20-13)15(17,18)19/h2-7H,8H2,1H3,(H,20,21)(H,22,23). The Kier molecular flexibility index (Phi) is 5.10. The van der Waals surface area contributed by atoms with E-state index in [0.717, 1.165) is 17.7 Å². The number of alkyl halides is 3. The quantitative estimate of drug-likeness (QED) is 0.878. The molecule has 1 aromatic carbocycles. The maximum absolute atomic E-state index is 12.4. The Balaban J connectivity index is 1.91. The number of nitrogens with one attached hydrogen (secondary N) is 2. The fourth-order valence-corrected chi connectivity index (χ4v) is 2.04. The largest absolute Gasteiger partial charge is 0.417 e. The number of hydrogen-bond donors (Lipinski definition) is 2. The van der Waals surface area contributed by atoms with E-state index in [1.54, 1.807) is 18.2 Å². The van der Waals surface area contributed by atoms with Crippen molar-refractivity contribution >= 4 is 29.0 Å². The number of amides is 1. The number of halogens is 4. The molecule has 0 saturated heterocycles. The van der Waals surface area contributed by atoms with Crippen LogP contribution in [0.4, 0.5) is 24.7 Å². The molecule has 23 heavy (non-hydrogen) atoms. The van der Waals surface area contributed by atoms with Gasteiger partial charge in [-0.25, -0.2) is 4.98 Å². The van der Waals surface area contributed by atoms with Crippen LogP contribution in [0.2, 0.25) is 5.02 Å². The van der Waals surface area contributed by atoms with Gasteiger partial charge in [-0.3, -0.25) is 4.79 Å². The Hall–Kier alpha value is -2.28. The van der Waals surface area contributed by atoms with Gasteiger partial charge in [0.2, 0.25) is 5.91 Å². The summed E-state index contributed by atoms with van der Waals surface area (Å²) in [6.07, 6.45) is -3.73. The minimum absolute atomic E-state index is 0.150. The van der Waals surface area contributed by atoms with E-state index >= 15 is 0 Å². The van der Waals surface area contributed by atoms with Gasteiger partial charge in [-0.15, -0.1) is 0 Å². The second-order valence-electron chi connectivity index (χ2n) is 4.81. The van der Waals surface area contributed by atoms with Crippen molar-refractivity contribution in [1.82, 2.24) is 4.98 Å². The highest BCUT2D eigenvalue weighted by Gasteiger charge is 2.30. The third-order valence-electron chi connectivity index (χ3n) is 2.92. The Morgan fingerprint density at radius 3 is 2.57 bits per heavy atom. The third kappa shape index (κ3) is 4.85. The molecule has 0 fully saturated rings. The van der Waals surface area contributed by atoms with Crippen molar-refractivity contribution in [3.8, 4) is 0 Å². The highest BCUT2D eigenvalue weighted by atomic mass is 35.5. The van der Waals surface area contributed by atoms with Crippen LogP contribution in [-0.2, 0) is 11.0 Å². The zero-order valence-electron chi connectivity index (χ0n) is 12.0. The van der Waals surface area contributed by atoms with Crippen LogP contribution in [0.15, 0.2) is 36.5 Å². The van der Waals surface area contributed by atoms with Crippen molar-refractivity contribution in [3.05, 3.63) is 52.7 Å². The Bertz CT molecular complexity index is 702. The molecule has 0 radical (unpaired) electrons. The smallest absolute Gasteiger partial charge is 0.361 e. The lowest BCUT2D eigenvalue weighted by atomic mass is 10.2. The van der Waals surface area contributed by atoms with E-state index in [9.17, 15) is 18.0 Å². The van der Waals surface area contributed by atoms with Gasteiger partial charge in [0.25, 0.3) is 0 Å². The highest BCUT2D eigenvalue weighted by molar-refractivity contribution is 6.33. The summed E-state index contributed by atoms with van der Waals surface area (Å²) in [5, 5.41) is 5.65. The van der Waals surface area contributed by atoms with E-state index in [2.05, 4.69) is 15.6 Å². The molecular weight excluding hydrogens is 331 g/mol. The number of nitrogens with zero attached hydrogens (tertiary/aromatic N) is 1. The number of pyridine rings is 1. The van der Waals surface area contributed by atoms with E-state index in [1.165, 1.54) is 0 Å². The summed E-state index contributed by atoms with van der Waals surface area (Å²) in [7, 11) is 0. The fraction of sp³-hybridized carbons (Fsp3) is 0.200. The molecule has 2 aromatic rings. The summed E-state index contributed by atoms with van der Waals surface area (Å²) in [6, 6.07) is 7.24. The predicted octanol–water partition coefficient (Wildman–Crippen LogP) is 4.11. The predicted molar refractivity (Wildman–Crippen MR) is 82.5 cm³/mol. The molecule has 0 aliphatic carbocycles. The minimum atomic E-state index is -4.44. The summed E-state index contributed by atoms with van der Waals surface area (Å²) < 4.78 is 37.2. The Morgan fingerprint density at radius 1 is 1.26 bits per heavy atom. The molecule has 0 aliphatic rings. The van der Waals surface area contributed by atoms with Gasteiger partial charge in [0, 0.05) is 6.20 Å². The summed E-state index contributed by atoms with van der Waals surface area (Å²) >= 11 is 6.00. The molecule has 0 atom stereocenters. The van der Waals surface area contributed by atoms with Crippen LogP contribution in [0.1, 0.15) is 11.1 Å². The zero-order valence-corrected chi connectivity index (χ0v) is 12.8. The third-order valence-corrected chi connectivity index (χ3v) is 3.23. The van der Waals surface area contributed by atoms with Crippen LogP contribution in [0, 0.1) is 6.92 Å².